The number of nitrogens with zero attached hydrogens (tertiary/aromatic N) is 2. The first-order valence-corrected chi connectivity index (χ1v) is 12.0. The van der Waals surface area contributed by atoms with Gasteiger partial charge < -0.3 is 19.5 Å². The van der Waals surface area contributed by atoms with E-state index in [-0.39, 0.29) is 12.1 Å². The molecule has 0 radical (unpaired) electrons. The molecule has 0 saturated carbocycles. The molecule has 1 aliphatic carbocycles. The smallest absolute Gasteiger partial charge is 0.318 e. The minimum Gasteiger partial charge on any atom is -0.497 e. The summed E-state index contributed by atoms with van der Waals surface area (Å²) in [6.07, 6.45) is 7.85. The van der Waals surface area contributed by atoms with Crippen LogP contribution < -0.4 is 10.1 Å². The first-order chi connectivity index (χ1) is 15.2. The Kier molecular flexibility index (Phi) is 5.48. The van der Waals surface area contributed by atoms with Gasteiger partial charge in [-0.05, 0) is 67.5 Å². The monoisotopic (exact) mass is 435 g/mol. The van der Waals surface area contributed by atoms with Crippen LogP contribution >= 0.6 is 11.3 Å². The van der Waals surface area contributed by atoms with Crippen molar-refractivity contribution in [3.8, 4) is 10.8 Å². The summed E-state index contributed by atoms with van der Waals surface area (Å²) in [7, 11) is 1.68. The summed E-state index contributed by atoms with van der Waals surface area (Å²) < 4.78 is 7.69. The summed E-state index contributed by atoms with van der Waals surface area (Å²) in [5.41, 5.74) is 5.04. The molecule has 0 bridgehead atoms. The molecular formula is C25H29N3O2S. The third-order valence-electron chi connectivity index (χ3n) is 6.40. The number of hydrogen-bond acceptors (Lipinski definition) is 3. The Labute approximate surface area is 187 Å². The first-order valence-electron chi connectivity index (χ1n) is 11.2. The maximum atomic E-state index is 13.4. The highest BCUT2D eigenvalue weighted by molar-refractivity contribution is 7.15. The van der Waals surface area contributed by atoms with Crippen molar-refractivity contribution in [2.24, 2.45) is 0 Å². The van der Waals surface area contributed by atoms with Crippen molar-refractivity contribution in [2.45, 2.75) is 51.6 Å². The van der Waals surface area contributed by atoms with E-state index in [0.717, 1.165) is 36.3 Å². The molecule has 3 aromatic rings. The second-order valence-corrected chi connectivity index (χ2v) is 9.42. The summed E-state index contributed by atoms with van der Waals surface area (Å²) in [6, 6.07) is 12.2. The van der Waals surface area contributed by atoms with Crippen LogP contribution in [0.3, 0.4) is 0 Å². The highest BCUT2D eigenvalue weighted by Crippen LogP contribution is 2.44. The average molecular weight is 436 g/mol. The molecule has 6 heteroatoms. The molecule has 2 amide bonds. The highest BCUT2D eigenvalue weighted by atomic mass is 32.1. The van der Waals surface area contributed by atoms with Crippen molar-refractivity contribution < 1.29 is 9.53 Å². The molecule has 1 N–H and O–H groups in total. The lowest BCUT2D eigenvalue weighted by Crippen LogP contribution is -2.42. The number of methoxy groups -OCH3 is 1. The van der Waals surface area contributed by atoms with Gasteiger partial charge in [-0.25, -0.2) is 4.79 Å². The first kappa shape index (κ1) is 20.2. The Hall–Kier alpha value is -2.73. The molecule has 2 aliphatic rings. The maximum Gasteiger partial charge on any atom is 0.318 e. The second-order valence-electron chi connectivity index (χ2n) is 8.33. The molecule has 5 nitrogen and oxygen atoms in total. The molecule has 1 aliphatic heterocycles. The zero-order valence-corrected chi connectivity index (χ0v) is 19.0. The fraction of sp³-hybridized carbons (Fsp3) is 0.400. The van der Waals surface area contributed by atoms with Gasteiger partial charge >= 0.3 is 6.03 Å². The molecule has 0 unspecified atom stereocenters. The molecule has 0 spiro atoms. The topological polar surface area (TPSA) is 46.5 Å². The van der Waals surface area contributed by atoms with Crippen molar-refractivity contribution >= 4 is 17.4 Å². The number of aromatic nitrogens is 1. The summed E-state index contributed by atoms with van der Waals surface area (Å²) in [4.78, 5) is 17.0. The number of ether oxygens (including phenoxy) is 1. The van der Waals surface area contributed by atoms with Crippen LogP contribution in [-0.2, 0) is 19.4 Å². The largest absolute Gasteiger partial charge is 0.497 e. The Balaban J connectivity index is 1.66. The molecule has 0 saturated heterocycles. The van der Waals surface area contributed by atoms with E-state index in [4.69, 9.17) is 4.74 Å². The van der Waals surface area contributed by atoms with Crippen molar-refractivity contribution in [3.05, 3.63) is 69.9 Å². The molecule has 5 rings (SSSR count). The van der Waals surface area contributed by atoms with Crippen LogP contribution in [0.1, 0.15) is 59.5 Å². The lowest BCUT2D eigenvalue weighted by Gasteiger charge is -2.31. The minimum atomic E-state index is -0.156. The number of hydrogen-bond donors (Lipinski definition) is 1. The van der Waals surface area contributed by atoms with Gasteiger partial charge in [0.1, 0.15) is 10.8 Å². The number of nitrogens with one attached hydrogen (secondary N) is 1. The van der Waals surface area contributed by atoms with Crippen LogP contribution in [0, 0.1) is 0 Å². The number of thiophene rings is 1. The Morgan fingerprint density at radius 1 is 1.16 bits per heavy atom. The van der Waals surface area contributed by atoms with Gasteiger partial charge in [-0.2, -0.15) is 0 Å². The van der Waals surface area contributed by atoms with Crippen molar-refractivity contribution in [1.29, 1.82) is 0 Å². The number of amides is 2. The van der Waals surface area contributed by atoms with Gasteiger partial charge in [-0.15, -0.1) is 11.3 Å². The van der Waals surface area contributed by atoms with Crippen molar-refractivity contribution in [1.82, 2.24) is 14.8 Å². The molecule has 1 atom stereocenters. The van der Waals surface area contributed by atoms with E-state index < -0.39 is 0 Å². The molecule has 2 aromatic heterocycles. The number of rotatable bonds is 4. The third-order valence-corrected chi connectivity index (χ3v) is 7.73. The molecular weight excluding hydrogens is 406 g/mol. The van der Waals surface area contributed by atoms with Crippen LogP contribution in [0.4, 0.5) is 4.79 Å². The maximum absolute atomic E-state index is 13.4. The van der Waals surface area contributed by atoms with Gasteiger partial charge in [0.25, 0.3) is 0 Å². The van der Waals surface area contributed by atoms with Gasteiger partial charge in [-0.3, -0.25) is 0 Å². The van der Waals surface area contributed by atoms with Crippen LogP contribution in [-0.4, -0.2) is 29.2 Å². The minimum absolute atomic E-state index is 0.000900. The van der Waals surface area contributed by atoms with E-state index in [0.29, 0.717) is 13.1 Å². The fourth-order valence-corrected chi connectivity index (χ4v) is 6.26. The lowest BCUT2D eigenvalue weighted by atomic mass is 9.95. The quantitative estimate of drug-likeness (QED) is 0.592. The third kappa shape index (κ3) is 3.53. The van der Waals surface area contributed by atoms with Gasteiger partial charge in [-0.1, -0.05) is 19.1 Å². The Morgan fingerprint density at radius 3 is 2.74 bits per heavy atom. The molecule has 0 fully saturated rings. The van der Waals surface area contributed by atoms with Crippen LogP contribution in [0.2, 0.25) is 0 Å². The number of carbonyl (C=O) groups is 1. The number of benzene rings is 1. The van der Waals surface area contributed by atoms with E-state index in [1.54, 1.807) is 7.11 Å². The fourth-order valence-electron chi connectivity index (χ4n) is 4.86. The molecule has 31 heavy (non-hydrogen) atoms. The predicted molar refractivity (Wildman–Crippen MR) is 124 cm³/mol. The van der Waals surface area contributed by atoms with Crippen LogP contribution in [0.15, 0.2) is 42.6 Å². The second kappa shape index (κ2) is 8.42. The van der Waals surface area contributed by atoms with Gasteiger partial charge in [0.15, 0.2) is 0 Å². The van der Waals surface area contributed by atoms with E-state index in [1.807, 2.05) is 28.4 Å². The number of urea groups is 1. The molecule has 162 valence electrons. The van der Waals surface area contributed by atoms with Crippen molar-refractivity contribution in [2.75, 3.05) is 13.7 Å². The van der Waals surface area contributed by atoms with Gasteiger partial charge in [0, 0.05) is 23.2 Å². The number of carbonyl (C=O) groups excluding carboxylic acids is 1. The average Bonchev–Trinajstić information content (AvgIpc) is 3.39. The normalized spacial score (nSPS) is 17.4. The van der Waals surface area contributed by atoms with Crippen LogP contribution in [0.25, 0.3) is 5.00 Å². The molecule has 1 aromatic carbocycles. The Morgan fingerprint density at radius 2 is 1.97 bits per heavy atom. The van der Waals surface area contributed by atoms with E-state index in [1.165, 1.54) is 33.8 Å². The van der Waals surface area contributed by atoms with Gasteiger partial charge in [0.05, 0.1) is 25.4 Å². The summed E-state index contributed by atoms with van der Waals surface area (Å²) in [6.45, 7) is 3.40. The van der Waals surface area contributed by atoms with E-state index in [9.17, 15) is 4.79 Å². The SMILES string of the molecule is CCCNC(=O)N1Cc2c(sc3c2CCCC3)-n2cccc2[C@H]1c1ccc(OC)cc1. The highest BCUT2D eigenvalue weighted by Gasteiger charge is 2.35. The zero-order chi connectivity index (χ0) is 21.4. The zero-order valence-electron chi connectivity index (χ0n) is 18.2. The van der Waals surface area contributed by atoms with Crippen LogP contribution in [0.5, 0.6) is 5.75 Å². The lowest BCUT2D eigenvalue weighted by molar-refractivity contribution is 0.180. The molecule has 3 heterocycles. The predicted octanol–water partition coefficient (Wildman–Crippen LogP) is 5.45. The number of aryl methyl sites for hydroxylation is 1. The summed E-state index contributed by atoms with van der Waals surface area (Å²) >= 11 is 1.92. The summed E-state index contributed by atoms with van der Waals surface area (Å²) in [5.74, 6) is 0.822. The standard InChI is InChI=1S/C25H29N3O2S/c1-3-14-26-25(29)28-16-20-19-7-4-5-9-22(19)31-24(20)27-15-6-8-21(27)23(28)17-10-12-18(30-2)13-11-17/h6,8,10-13,15,23H,3-5,7,9,14,16H2,1-2H3,(H,26,29)/t23-/m1/s1. The summed E-state index contributed by atoms with van der Waals surface area (Å²) in [5, 5.41) is 4.42. The van der Waals surface area contributed by atoms with Gasteiger partial charge in [0.2, 0.25) is 0 Å². The Bertz CT molecular complexity index is 1080. The van der Waals surface area contributed by atoms with E-state index in [2.05, 4.69) is 47.3 Å². The number of fused-ring (bicyclic) bond motifs is 5. The van der Waals surface area contributed by atoms with E-state index >= 15 is 0 Å². The van der Waals surface area contributed by atoms with Crippen molar-refractivity contribution in [3.63, 3.8) is 0 Å².